The van der Waals surface area contributed by atoms with E-state index in [0.29, 0.717) is 18.9 Å². The van der Waals surface area contributed by atoms with Crippen LogP contribution in [0.1, 0.15) is 40.5 Å². The molecule has 3 N–H and O–H groups in total. The van der Waals surface area contributed by atoms with E-state index in [1.165, 1.54) is 6.42 Å². The number of amides is 1. The van der Waals surface area contributed by atoms with Gasteiger partial charge in [-0.1, -0.05) is 20.8 Å². The van der Waals surface area contributed by atoms with Gasteiger partial charge in [-0.05, 0) is 25.2 Å². The topological polar surface area (TPSA) is 64.3 Å². The van der Waals surface area contributed by atoms with E-state index >= 15 is 0 Å². The Bertz CT molecular complexity index is 348. The molecule has 2 fully saturated rings. The van der Waals surface area contributed by atoms with E-state index in [2.05, 4.69) is 12.2 Å². The van der Waals surface area contributed by atoms with Crippen molar-refractivity contribution in [2.24, 2.45) is 23.0 Å². The summed E-state index contributed by atoms with van der Waals surface area (Å²) < 4.78 is 5.63. The van der Waals surface area contributed by atoms with Crippen LogP contribution in [0.4, 0.5) is 0 Å². The van der Waals surface area contributed by atoms with E-state index in [0.717, 1.165) is 12.5 Å². The minimum absolute atomic E-state index is 0. The van der Waals surface area contributed by atoms with Gasteiger partial charge in [0, 0.05) is 25.0 Å². The lowest BCUT2D eigenvalue weighted by Crippen LogP contribution is -2.75. The molecule has 19 heavy (non-hydrogen) atoms. The highest BCUT2D eigenvalue weighted by atomic mass is 35.5. The Balaban J connectivity index is 0.00000180. The average Bonchev–Trinajstić information content (AvgIpc) is 3.01. The van der Waals surface area contributed by atoms with Crippen LogP contribution < -0.4 is 11.1 Å². The molecule has 0 radical (unpaired) electrons. The molecule has 0 saturated heterocycles. The van der Waals surface area contributed by atoms with Crippen LogP contribution in [0.5, 0.6) is 0 Å². The highest BCUT2D eigenvalue weighted by molar-refractivity contribution is 5.88. The van der Waals surface area contributed by atoms with Gasteiger partial charge in [0.1, 0.15) is 5.54 Å². The summed E-state index contributed by atoms with van der Waals surface area (Å²) in [6.45, 7) is 9.68. The maximum absolute atomic E-state index is 12.3. The van der Waals surface area contributed by atoms with Gasteiger partial charge in [-0.3, -0.25) is 4.79 Å². The molecule has 0 spiro atoms. The molecule has 4 unspecified atom stereocenters. The maximum atomic E-state index is 12.3. The van der Waals surface area contributed by atoms with Crippen LogP contribution in [0.3, 0.4) is 0 Å². The smallest absolute Gasteiger partial charge is 0.240 e. The van der Waals surface area contributed by atoms with Crippen molar-refractivity contribution in [3.8, 4) is 0 Å². The Kier molecular flexibility index (Phi) is 4.92. The summed E-state index contributed by atoms with van der Waals surface area (Å²) in [4.78, 5) is 12.3. The molecule has 0 aromatic heterocycles. The fourth-order valence-corrected chi connectivity index (χ4v) is 2.89. The second-order valence-corrected chi connectivity index (χ2v) is 6.52. The SMILES string of the molecule is CCOC1CC(N)(C(=O)NCC2CC2C)C1(C)C.Cl. The molecule has 0 aromatic carbocycles. The largest absolute Gasteiger partial charge is 0.378 e. The van der Waals surface area contributed by atoms with Gasteiger partial charge in [-0.2, -0.15) is 0 Å². The third kappa shape index (κ3) is 2.76. The van der Waals surface area contributed by atoms with E-state index in [9.17, 15) is 4.79 Å². The Morgan fingerprint density at radius 3 is 2.47 bits per heavy atom. The molecular formula is C14H27ClN2O2. The summed E-state index contributed by atoms with van der Waals surface area (Å²) in [5.41, 5.74) is 5.23. The zero-order valence-electron chi connectivity index (χ0n) is 12.4. The lowest BCUT2D eigenvalue weighted by Gasteiger charge is -2.57. The van der Waals surface area contributed by atoms with Crippen molar-refractivity contribution < 1.29 is 9.53 Å². The summed E-state index contributed by atoms with van der Waals surface area (Å²) in [5, 5.41) is 3.02. The number of nitrogens with two attached hydrogens (primary N) is 1. The number of hydrogen-bond donors (Lipinski definition) is 2. The van der Waals surface area contributed by atoms with Crippen molar-refractivity contribution in [3.05, 3.63) is 0 Å². The summed E-state index contributed by atoms with van der Waals surface area (Å²) >= 11 is 0. The molecule has 2 rings (SSSR count). The van der Waals surface area contributed by atoms with Gasteiger partial charge in [0.25, 0.3) is 0 Å². The quantitative estimate of drug-likeness (QED) is 0.810. The van der Waals surface area contributed by atoms with Crippen LogP contribution in [0.2, 0.25) is 0 Å². The zero-order valence-corrected chi connectivity index (χ0v) is 13.2. The minimum Gasteiger partial charge on any atom is -0.378 e. The molecule has 2 aliphatic carbocycles. The first-order valence-electron chi connectivity index (χ1n) is 7.01. The predicted molar refractivity (Wildman–Crippen MR) is 78.3 cm³/mol. The molecule has 0 aliphatic heterocycles. The second kappa shape index (κ2) is 5.58. The number of nitrogens with one attached hydrogen (secondary N) is 1. The third-order valence-electron chi connectivity index (χ3n) is 5.04. The highest BCUT2D eigenvalue weighted by Gasteiger charge is 2.62. The standard InChI is InChI=1S/C14H26N2O2.ClH/c1-5-18-11-7-14(15,13(11,3)4)12(17)16-8-10-6-9(10)2;/h9-11H,5-8,15H2,1-4H3,(H,16,17);1H. The van der Waals surface area contributed by atoms with E-state index in [1.807, 2.05) is 20.8 Å². The second-order valence-electron chi connectivity index (χ2n) is 6.52. The summed E-state index contributed by atoms with van der Waals surface area (Å²) in [7, 11) is 0. The van der Waals surface area contributed by atoms with Crippen molar-refractivity contribution in [1.82, 2.24) is 5.32 Å². The van der Waals surface area contributed by atoms with Gasteiger partial charge in [0.05, 0.1) is 6.10 Å². The summed E-state index contributed by atoms with van der Waals surface area (Å²) in [6, 6.07) is 0. The first kappa shape index (κ1) is 16.7. The average molecular weight is 291 g/mol. The Morgan fingerprint density at radius 2 is 2.05 bits per heavy atom. The zero-order chi connectivity index (χ0) is 13.6. The van der Waals surface area contributed by atoms with Crippen molar-refractivity contribution in [2.75, 3.05) is 13.2 Å². The van der Waals surface area contributed by atoms with E-state index < -0.39 is 5.54 Å². The number of carbonyl (C=O) groups is 1. The number of carbonyl (C=O) groups excluding carboxylic acids is 1. The van der Waals surface area contributed by atoms with E-state index in [4.69, 9.17) is 10.5 Å². The molecule has 2 aliphatic rings. The highest BCUT2D eigenvalue weighted by Crippen LogP contribution is 2.50. The predicted octanol–water partition coefficient (Wildman–Crippen LogP) is 1.71. The Hall–Kier alpha value is -0.320. The number of ether oxygens (including phenoxy) is 1. The maximum Gasteiger partial charge on any atom is 0.240 e. The lowest BCUT2D eigenvalue weighted by atomic mass is 9.54. The molecule has 0 heterocycles. The molecule has 2 saturated carbocycles. The lowest BCUT2D eigenvalue weighted by molar-refractivity contribution is -0.170. The van der Waals surface area contributed by atoms with Gasteiger partial charge in [-0.25, -0.2) is 0 Å². The Labute approximate surface area is 122 Å². The van der Waals surface area contributed by atoms with Crippen LogP contribution in [-0.2, 0) is 9.53 Å². The third-order valence-corrected chi connectivity index (χ3v) is 5.04. The van der Waals surface area contributed by atoms with Crippen LogP contribution in [0.25, 0.3) is 0 Å². The van der Waals surface area contributed by atoms with Crippen molar-refractivity contribution in [1.29, 1.82) is 0 Å². The van der Waals surface area contributed by atoms with Gasteiger partial charge >= 0.3 is 0 Å². The number of hydrogen-bond acceptors (Lipinski definition) is 3. The fraction of sp³-hybridized carbons (Fsp3) is 0.929. The summed E-state index contributed by atoms with van der Waals surface area (Å²) in [6.07, 6.45) is 1.95. The molecule has 4 nitrogen and oxygen atoms in total. The molecule has 112 valence electrons. The van der Waals surface area contributed by atoms with Gasteiger partial charge in [0.2, 0.25) is 5.91 Å². The molecule has 0 bridgehead atoms. The van der Waals surface area contributed by atoms with Crippen molar-refractivity contribution in [3.63, 3.8) is 0 Å². The van der Waals surface area contributed by atoms with Crippen LogP contribution >= 0.6 is 12.4 Å². The van der Waals surface area contributed by atoms with Crippen molar-refractivity contribution in [2.45, 2.75) is 52.2 Å². The normalized spacial score (nSPS) is 38.9. The monoisotopic (exact) mass is 290 g/mol. The molecule has 5 heteroatoms. The Morgan fingerprint density at radius 1 is 1.47 bits per heavy atom. The van der Waals surface area contributed by atoms with Crippen molar-refractivity contribution >= 4 is 18.3 Å². The van der Waals surface area contributed by atoms with E-state index in [-0.39, 0.29) is 29.8 Å². The number of rotatable bonds is 5. The first-order valence-corrected chi connectivity index (χ1v) is 7.01. The van der Waals surface area contributed by atoms with Gasteiger partial charge in [0.15, 0.2) is 0 Å². The van der Waals surface area contributed by atoms with E-state index in [1.54, 1.807) is 0 Å². The minimum atomic E-state index is -0.773. The summed E-state index contributed by atoms with van der Waals surface area (Å²) in [5.74, 6) is 1.40. The fourth-order valence-electron chi connectivity index (χ4n) is 2.89. The molecular weight excluding hydrogens is 264 g/mol. The van der Waals surface area contributed by atoms with Gasteiger partial charge in [-0.15, -0.1) is 12.4 Å². The molecule has 4 atom stereocenters. The first-order chi connectivity index (χ1) is 8.33. The van der Waals surface area contributed by atoms with Gasteiger partial charge < -0.3 is 15.8 Å². The van der Waals surface area contributed by atoms with Crippen LogP contribution in [0.15, 0.2) is 0 Å². The number of halogens is 1. The van der Waals surface area contributed by atoms with Crippen LogP contribution in [-0.4, -0.2) is 30.7 Å². The molecule has 0 aromatic rings. The van der Waals surface area contributed by atoms with Crippen LogP contribution in [0, 0.1) is 17.3 Å². The molecule has 1 amide bonds.